The highest BCUT2D eigenvalue weighted by atomic mass is 19.1. The molecule has 0 bridgehead atoms. The maximum atomic E-state index is 13.7. The van der Waals surface area contributed by atoms with E-state index < -0.39 is 41.6 Å². The van der Waals surface area contributed by atoms with Gasteiger partial charge in [-0.3, -0.25) is 14.5 Å². The molecule has 0 spiro atoms. The summed E-state index contributed by atoms with van der Waals surface area (Å²) in [7, 11) is 0. The first-order chi connectivity index (χ1) is 13.7. The van der Waals surface area contributed by atoms with E-state index in [1.807, 2.05) is 12.1 Å². The van der Waals surface area contributed by atoms with E-state index in [-0.39, 0.29) is 5.69 Å². The van der Waals surface area contributed by atoms with Gasteiger partial charge in [0.15, 0.2) is 0 Å². The second kappa shape index (κ2) is 7.98. The SMILES string of the molecule is CCCc1ccc([C@]2(C)NC(=O)N(CC(=O)Nc3cc(F)ccc3F)C2=O)cc1. The van der Waals surface area contributed by atoms with Gasteiger partial charge in [0.25, 0.3) is 5.91 Å². The molecule has 1 aliphatic rings. The normalized spacial score (nSPS) is 18.7. The van der Waals surface area contributed by atoms with E-state index in [0.29, 0.717) is 5.56 Å². The van der Waals surface area contributed by atoms with Gasteiger partial charge in [-0.05, 0) is 36.6 Å². The number of carbonyl (C=O) groups excluding carboxylic acids is 3. The van der Waals surface area contributed by atoms with E-state index in [1.165, 1.54) is 0 Å². The van der Waals surface area contributed by atoms with Crippen LogP contribution in [0.15, 0.2) is 42.5 Å². The predicted molar refractivity (Wildman–Crippen MR) is 103 cm³/mol. The molecular formula is C21H21F2N3O3. The molecule has 6 nitrogen and oxygen atoms in total. The Balaban J connectivity index is 1.74. The Hall–Kier alpha value is -3.29. The van der Waals surface area contributed by atoms with Crippen LogP contribution in [0.4, 0.5) is 19.3 Å². The van der Waals surface area contributed by atoms with Crippen molar-refractivity contribution in [2.75, 3.05) is 11.9 Å². The smallest absolute Gasteiger partial charge is 0.322 e. The number of anilines is 1. The van der Waals surface area contributed by atoms with Gasteiger partial charge >= 0.3 is 6.03 Å². The van der Waals surface area contributed by atoms with Gasteiger partial charge in [0.1, 0.15) is 23.7 Å². The molecule has 2 aromatic carbocycles. The van der Waals surface area contributed by atoms with E-state index >= 15 is 0 Å². The highest BCUT2D eigenvalue weighted by Gasteiger charge is 2.49. The van der Waals surface area contributed by atoms with Crippen LogP contribution in [0.3, 0.4) is 0 Å². The van der Waals surface area contributed by atoms with E-state index in [9.17, 15) is 23.2 Å². The molecule has 1 saturated heterocycles. The number of nitrogens with zero attached hydrogens (tertiary/aromatic N) is 1. The van der Waals surface area contributed by atoms with Gasteiger partial charge in [-0.15, -0.1) is 0 Å². The average Bonchev–Trinajstić information content (AvgIpc) is 2.89. The number of amides is 4. The minimum atomic E-state index is -1.31. The number of carbonyl (C=O) groups is 3. The van der Waals surface area contributed by atoms with Crippen molar-refractivity contribution in [3.63, 3.8) is 0 Å². The molecule has 2 N–H and O–H groups in total. The molecule has 1 atom stereocenters. The van der Waals surface area contributed by atoms with Crippen molar-refractivity contribution >= 4 is 23.5 Å². The van der Waals surface area contributed by atoms with Gasteiger partial charge < -0.3 is 10.6 Å². The second-order valence-electron chi connectivity index (χ2n) is 7.07. The molecular weight excluding hydrogens is 380 g/mol. The first-order valence-electron chi connectivity index (χ1n) is 9.23. The summed E-state index contributed by atoms with van der Waals surface area (Å²) in [4.78, 5) is 38.2. The number of halogens is 2. The van der Waals surface area contributed by atoms with Crippen molar-refractivity contribution in [2.45, 2.75) is 32.2 Å². The molecule has 1 fully saturated rings. The van der Waals surface area contributed by atoms with Crippen LogP contribution >= 0.6 is 0 Å². The van der Waals surface area contributed by atoms with Crippen LogP contribution in [0.2, 0.25) is 0 Å². The molecule has 0 aliphatic carbocycles. The number of hydrogen-bond donors (Lipinski definition) is 2. The standard InChI is InChI=1S/C21H21F2N3O3/c1-3-4-13-5-7-14(8-6-13)21(2)19(28)26(20(29)25-21)12-18(27)24-17-11-15(22)9-10-16(17)23/h5-11H,3-4,12H2,1-2H3,(H,24,27)(H,25,29)/t21-/m0/s1. The van der Waals surface area contributed by atoms with Crippen molar-refractivity contribution in [2.24, 2.45) is 0 Å². The second-order valence-corrected chi connectivity index (χ2v) is 7.07. The first kappa shape index (κ1) is 20.4. The minimum Gasteiger partial charge on any atom is -0.322 e. The third-order valence-corrected chi connectivity index (χ3v) is 4.85. The van der Waals surface area contributed by atoms with Crippen LogP contribution in [-0.4, -0.2) is 29.3 Å². The zero-order valence-corrected chi connectivity index (χ0v) is 16.1. The Kier molecular flexibility index (Phi) is 5.63. The summed E-state index contributed by atoms with van der Waals surface area (Å²) in [5, 5.41) is 4.79. The third-order valence-electron chi connectivity index (χ3n) is 4.85. The largest absolute Gasteiger partial charge is 0.325 e. The van der Waals surface area contributed by atoms with Crippen molar-refractivity contribution in [3.05, 3.63) is 65.2 Å². The summed E-state index contributed by atoms with van der Waals surface area (Å²) in [5.41, 5.74) is 0.0303. The van der Waals surface area contributed by atoms with E-state index in [1.54, 1.807) is 19.1 Å². The van der Waals surface area contributed by atoms with Gasteiger partial charge in [0.2, 0.25) is 5.91 Å². The molecule has 1 heterocycles. The average molecular weight is 401 g/mol. The van der Waals surface area contributed by atoms with Gasteiger partial charge in [0.05, 0.1) is 5.69 Å². The fourth-order valence-electron chi connectivity index (χ4n) is 3.26. The van der Waals surface area contributed by atoms with Gasteiger partial charge in [-0.25, -0.2) is 13.6 Å². The van der Waals surface area contributed by atoms with Crippen molar-refractivity contribution in [1.82, 2.24) is 10.2 Å². The van der Waals surface area contributed by atoms with Crippen LogP contribution in [-0.2, 0) is 21.5 Å². The van der Waals surface area contributed by atoms with Gasteiger partial charge in [0, 0.05) is 6.07 Å². The number of aryl methyl sites for hydroxylation is 1. The number of rotatable bonds is 6. The van der Waals surface area contributed by atoms with Crippen molar-refractivity contribution in [3.8, 4) is 0 Å². The molecule has 0 unspecified atom stereocenters. The molecule has 4 amide bonds. The van der Waals surface area contributed by atoms with Crippen molar-refractivity contribution < 1.29 is 23.2 Å². The van der Waals surface area contributed by atoms with Crippen LogP contribution in [0.5, 0.6) is 0 Å². The summed E-state index contributed by atoms with van der Waals surface area (Å²) >= 11 is 0. The molecule has 8 heteroatoms. The van der Waals surface area contributed by atoms with Gasteiger partial charge in [-0.2, -0.15) is 0 Å². The summed E-state index contributed by atoms with van der Waals surface area (Å²) in [6, 6.07) is 9.21. The lowest BCUT2D eigenvalue weighted by Gasteiger charge is -2.22. The Morgan fingerprint density at radius 2 is 1.83 bits per heavy atom. The third kappa shape index (κ3) is 4.11. The zero-order valence-electron chi connectivity index (χ0n) is 16.1. The molecule has 2 aromatic rings. The fourth-order valence-corrected chi connectivity index (χ4v) is 3.26. The number of benzene rings is 2. The lowest BCUT2D eigenvalue weighted by atomic mass is 9.91. The lowest BCUT2D eigenvalue weighted by molar-refractivity contribution is -0.133. The Morgan fingerprint density at radius 1 is 1.14 bits per heavy atom. The predicted octanol–water partition coefficient (Wildman–Crippen LogP) is 3.32. The molecule has 0 aromatic heterocycles. The molecule has 0 saturated carbocycles. The van der Waals surface area contributed by atoms with Crippen LogP contribution in [0.25, 0.3) is 0 Å². The maximum absolute atomic E-state index is 13.7. The van der Waals surface area contributed by atoms with Gasteiger partial charge in [-0.1, -0.05) is 37.6 Å². The number of hydrogen-bond acceptors (Lipinski definition) is 3. The van der Waals surface area contributed by atoms with Crippen LogP contribution < -0.4 is 10.6 Å². The lowest BCUT2D eigenvalue weighted by Crippen LogP contribution is -2.42. The summed E-state index contributed by atoms with van der Waals surface area (Å²) in [6.07, 6.45) is 1.89. The fraction of sp³-hybridized carbons (Fsp3) is 0.286. The highest BCUT2D eigenvalue weighted by Crippen LogP contribution is 2.29. The summed E-state index contributed by atoms with van der Waals surface area (Å²) < 4.78 is 26.9. The number of nitrogens with one attached hydrogen (secondary N) is 2. The van der Waals surface area contributed by atoms with E-state index in [2.05, 4.69) is 17.6 Å². The molecule has 1 aliphatic heterocycles. The molecule has 0 radical (unpaired) electrons. The Labute approximate surface area is 166 Å². The Morgan fingerprint density at radius 3 is 2.48 bits per heavy atom. The van der Waals surface area contributed by atoms with E-state index in [0.717, 1.165) is 41.5 Å². The van der Waals surface area contributed by atoms with Crippen LogP contribution in [0.1, 0.15) is 31.4 Å². The molecule has 29 heavy (non-hydrogen) atoms. The topological polar surface area (TPSA) is 78.5 Å². The number of imide groups is 1. The maximum Gasteiger partial charge on any atom is 0.325 e. The molecule has 3 rings (SSSR count). The summed E-state index contributed by atoms with van der Waals surface area (Å²) in [6.45, 7) is 3.00. The Bertz CT molecular complexity index is 962. The first-order valence-corrected chi connectivity index (χ1v) is 9.23. The van der Waals surface area contributed by atoms with Crippen LogP contribution in [0, 0.1) is 11.6 Å². The number of urea groups is 1. The monoisotopic (exact) mass is 401 g/mol. The highest BCUT2D eigenvalue weighted by molar-refractivity contribution is 6.10. The molecule has 152 valence electrons. The minimum absolute atomic E-state index is 0.365. The van der Waals surface area contributed by atoms with E-state index in [4.69, 9.17) is 0 Å². The van der Waals surface area contributed by atoms with Crippen molar-refractivity contribution in [1.29, 1.82) is 0 Å². The quantitative estimate of drug-likeness (QED) is 0.729. The summed E-state index contributed by atoms with van der Waals surface area (Å²) in [5.74, 6) is -2.97. The zero-order chi connectivity index (χ0) is 21.2.